The minimum absolute atomic E-state index is 0. The van der Waals surface area contributed by atoms with E-state index in [9.17, 15) is 4.39 Å². The Morgan fingerprint density at radius 2 is 2.10 bits per heavy atom. The Hall–Kier alpha value is -1.33. The highest BCUT2D eigenvalue weighted by molar-refractivity contribution is 6.04. The third-order valence-corrected chi connectivity index (χ3v) is 3.80. The summed E-state index contributed by atoms with van der Waals surface area (Å²) in [7, 11) is 1.48. The van der Waals surface area contributed by atoms with Crippen molar-refractivity contribution in [1.82, 2.24) is 5.32 Å². The highest BCUT2D eigenvalue weighted by Crippen LogP contribution is 2.39. The van der Waals surface area contributed by atoms with Crippen molar-refractivity contribution in [3.05, 3.63) is 29.6 Å². The summed E-state index contributed by atoms with van der Waals surface area (Å²) in [5.74, 6) is 0.265. The Morgan fingerprint density at radius 1 is 1.35 bits per heavy atom. The van der Waals surface area contributed by atoms with Gasteiger partial charge >= 0.3 is 0 Å². The number of hydrogen-bond acceptors (Lipinski definition) is 4. The van der Waals surface area contributed by atoms with E-state index >= 15 is 0 Å². The Labute approximate surface area is 123 Å². The molecular formula is C14H18ClFN2O2. The van der Waals surface area contributed by atoms with E-state index in [4.69, 9.17) is 9.57 Å². The summed E-state index contributed by atoms with van der Waals surface area (Å²) >= 11 is 0. The Kier molecular flexibility index (Phi) is 4.50. The van der Waals surface area contributed by atoms with Crippen LogP contribution in [0.1, 0.15) is 24.8 Å². The minimum atomic E-state index is -0.308. The summed E-state index contributed by atoms with van der Waals surface area (Å²) in [6, 6.07) is 4.89. The first-order chi connectivity index (χ1) is 9.24. The summed E-state index contributed by atoms with van der Waals surface area (Å²) in [4.78, 5) is 4.88. The molecule has 20 heavy (non-hydrogen) atoms. The Morgan fingerprint density at radius 3 is 2.80 bits per heavy atom. The molecule has 0 unspecified atom stereocenters. The first-order valence-corrected chi connectivity index (χ1v) is 6.53. The third kappa shape index (κ3) is 2.60. The highest BCUT2D eigenvalue weighted by atomic mass is 35.5. The fourth-order valence-electron chi connectivity index (χ4n) is 2.88. The molecule has 0 bridgehead atoms. The molecule has 1 aromatic carbocycles. The number of ether oxygens (including phenoxy) is 1. The van der Waals surface area contributed by atoms with Crippen LogP contribution in [0, 0.1) is 5.82 Å². The number of piperidine rings is 1. The maximum Gasteiger partial charge on any atom is 0.136 e. The lowest BCUT2D eigenvalue weighted by atomic mass is 9.82. The number of benzene rings is 1. The van der Waals surface area contributed by atoms with Crippen molar-refractivity contribution in [3.8, 4) is 5.75 Å². The molecule has 0 aromatic heterocycles. The van der Waals surface area contributed by atoms with Gasteiger partial charge in [0.15, 0.2) is 0 Å². The summed E-state index contributed by atoms with van der Waals surface area (Å²) in [5.41, 5.74) is 0.806. The van der Waals surface area contributed by atoms with Crippen LogP contribution in [0.25, 0.3) is 0 Å². The summed E-state index contributed by atoms with van der Waals surface area (Å²) in [6.45, 7) is 1.82. The zero-order valence-corrected chi connectivity index (χ0v) is 12.1. The van der Waals surface area contributed by atoms with Gasteiger partial charge in [-0.25, -0.2) is 4.39 Å². The van der Waals surface area contributed by atoms with Crippen LogP contribution < -0.4 is 10.1 Å². The Bertz CT molecular complexity index is 516. The van der Waals surface area contributed by atoms with E-state index in [1.165, 1.54) is 13.2 Å². The van der Waals surface area contributed by atoms with Crippen LogP contribution in [0.3, 0.4) is 0 Å². The highest BCUT2D eigenvalue weighted by Gasteiger charge is 2.41. The van der Waals surface area contributed by atoms with Gasteiger partial charge < -0.3 is 14.9 Å². The lowest BCUT2D eigenvalue weighted by Gasteiger charge is -2.41. The van der Waals surface area contributed by atoms with Crippen LogP contribution in [-0.4, -0.2) is 31.5 Å². The zero-order valence-electron chi connectivity index (χ0n) is 11.3. The maximum atomic E-state index is 14.0. The fourth-order valence-corrected chi connectivity index (χ4v) is 2.88. The predicted molar refractivity (Wildman–Crippen MR) is 77.3 cm³/mol. The van der Waals surface area contributed by atoms with Gasteiger partial charge in [0.1, 0.15) is 24.3 Å². The molecule has 0 radical (unpaired) electrons. The molecule has 110 valence electrons. The van der Waals surface area contributed by atoms with Crippen molar-refractivity contribution >= 4 is 18.1 Å². The van der Waals surface area contributed by atoms with Gasteiger partial charge in [0.2, 0.25) is 0 Å². The summed E-state index contributed by atoms with van der Waals surface area (Å²) in [5, 5.41) is 7.32. The average Bonchev–Trinajstić information content (AvgIpc) is 2.39. The largest absolute Gasteiger partial charge is 0.486 e. The van der Waals surface area contributed by atoms with Gasteiger partial charge in [-0.1, -0.05) is 11.2 Å². The van der Waals surface area contributed by atoms with Gasteiger partial charge in [0, 0.05) is 19.3 Å². The summed E-state index contributed by atoms with van der Waals surface area (Å²) in [6.07, 6.45) is 2.38. The molecule has 1 spiro atoms. The van der Waals surface area contributed by atoms with Gasteiger partial charge in [-0.05, 0) is 25.2 Å². The van der Waals surface area contributed by atoms with Crippen molar-refractivity contribution < 1.29 is 14.0 Å². The van der Waals surface area contributed by atoms with E-state index in [0.717, 1.165) is 25.9 Å². The Balaban J connectivity index is 0.00000147. The second-order valence-electron chi connectivity index (χ2n) is 5.05. The monoisotopic (exact) mass is 300 g/mol. The number of fused-ring (bicyclic) bond motifs is 1. The second-order valence-corrected chi connectivity index (χ2v) is 5.05. The molecule has 6 heteroatoms. The molecule has 1 N–H and O–H groups in total. The lowest BCUT2D eigenvalue weighted by Crippen LogP contribution is -2.50. The zero-order chi connectivity index (χ0) is 13.3. The maximum absolute atomic E-state index is 14.0. The van der Waals surface area contributed by atoms with Crippen LogP contribution in [0.15, 0.2) is 23.4 Å². The average molecular weight is 301 g/mol. The normalized spacial score (nSPS) is 21.8. The standard InChI is InChI=1S/C14H17FN2O2.ClH/c1-18-17-11-9-14(5-7-16-8-6-14)19-12-4-2-3-10(15)13(11)12;/h2-4,16H,5-9H2,1H3;1H. The van der Waals surface area contributed by atoms with Crippen LogP contribution in [0.5, 0.6) is 5.75 Å². The number of halogens is 2. The fraction of sp³-hybridized carbons (Fsp3) is 0.500. The minimum Gasteiger partial charge on any atom is -0.486 e. The van der Waals surface area contributed by atoms with Gasteiger partial charge in [-0.2, -0.15) is 0 Å². The van der Waals surface area contributed by atoms with Gasteiger partial charge in [0.05, 0.1) is 11.3 Å². The molecule has 4 nitrogen and oxygen atoms in total. The predicted octanol–water partition coefficient (Wildman–Crippen LogP) is 2.50. The second kappa shape index (κ2) is 5.97. The van der Waals surface area contributed by atoms with Crippen molar-refractivity contribution in [1.29, 1.82) is 0 Å². The molecule has 2 heterocycles. The molecular weight excluding hydrogens is 283 g/mol. The van der Waals surface area contributed by atoms with Crippen molar-refractivity contribution in [2.75, 3.05) is 20.2 Å². The first kappa shape index (κ1) is 15.1. The lowest BCUT2D eigenvalue weighted by molar-refractivity contribution is 0.0369. The van der Waals surface area contributed by atoms with Gasteiger partial charge in [0.25, 0.3) is 0 Å². The molecule has 1 aromatic rings. The molecule has 0 aliphatic carbocycles. The SMILES string of the molecule is CON=C1CC2(CCNCC2)Oc2cccc(F)c21.Cl. The number of nitrogens with one attached hydrogen (secondary N) is 1. The number of hydrogen-bond donors (Lipinski definition) is 1. The van der Waals surface area contributed by atoms with E-state index in [2.05, 4.69) is 10.5 Å². The van der Waals surface area contributed by atoms with Crippen LogP contribution >= 0.6 is 12.4 Å². The number of rotatable bonds is 1. The quantitative estimate of drug-likeness (QED) is 0.810. The third-order valence-electron chi connectivity index (χ3n) is 3.80. The smallest absolute Gasteiger partial charge is 0.136 e. The molecule has 3 rings (SSSR count). The van der Waals surface area contributed by atoms with E-state index in [-0.39, 0.29) is 23.8 Å². The molecule has 1 fully saturated rings. The van der Waals surface area contributed by atoms with E-state index in [0.29, 0.717) is 23.4 Å². The molecule has 0 saturated carbocycles. The topological polar surface area (TPSA) is 42.8 Å². The van der Waals surface area contributed by atoms with Crippen molar-refractivity contribution in [2.45, 2.75) is 24.9 Å². The van der Waals surface area contributed by atoms with Crippen molar-refractivity contribution in [3.63, 3.8) is 0 Å². The van der Waals surface area contributed by atoms with Crippen molar-refractivity contribution in [2.24, 2.45) is 5.16 Å². The van der Waals surface area contributed by atoms with E-state index in [1.807, 2.05) is 0 Å². The van der Waals surface area contributed by atoms with Gasteiger partial charge in [-0.3, -0.25) is 0 Å². The van der Waals surface area contributed by atoms with E-state index in [1.54, 1.807) is 12.1 Å². The molecule has 2 aliphatic heterocycles. The molecule has 1 saturated heterocycles. The molecule has 0 atom stereocenters. The number of oxime groups is 1. The van der Waals surface area contributed by atoms with Gasteiger partial charge in [-0.15, -0.1) is 12.4 Å². The number of nitrogens with zero attached hydrogens (tertiary/aromatic N) is 1. The van der Waals surface area contributed by atoms with E-state index < -0.39 is 0 Å². The first-order valence-electron chi connectivity index (χ1n) is 6.53. The van der Waals surface area contributed by atoms with Crippen LogP contribution in [0.2, 0.25) is 0 Å². The summed E-state index contributed by atoms with van der Waals surface area (Å²) < 4.78 is 20.1. The van der Waals surface area contributed by atoms with Crippen LogP contribution in [0.4, 0.5) is 4.39 Å². The molecule has 2 aliphatic rings. The molecule has 0 amide bonds. The van der Waals surface area contributed by atoms with Crippen LogP contribution in [-0.2, 0) is 4.84 Å².